The number of anilines is 1. The molecule has 1 N–H and O–H groups in total. The highest BCUT2D eigenvalue weighted by atomic mass is 32.2. The zero-order valence-corrected chi connectivity index (χ0v) is 17.3. The lowest BCUT2D eigenvalue weighted by Gasteiger charge is -2.23. The Morgan fingerprint density at radius 1 is 1.21 bits per heavy atom. The molecule has 0 spiro atoms. The van der Waals surface area contributed by atoms with Crippen LogP contribution in [0.2, 0.25) is 0 Å². The van der Waals surface area contributed by atoms with Gasteiger partial charge in [-0.15, -0.1) is 11.8 Å². The van der Waals surface area contributed by atoms with E-state index in [1.54, 1.807) is 40.9 Å². The van der Waals surface area contributed by atoms with Crippen LogP contribution in [-0.4, -0.2) is 41.0 Å². The van der Waals surface area contributed by atoms with E-state index in [-0.39, 0.29) is 24.8 Å². The number of ether oxygens (including phenoxy) is 1. The lowest BCUT2D eigenvalue weighted by atomic mass is 10.1. The molecule has 7 heteroatoms. The van der Waals surface area contributed by atoms with Crippen molar-refractivity contribution in [2.45, 2.75) is 26.3 Å². The van der Waals surface area contributed by atoms with Gasteiger partial charge in [0.2, 0.25) is 11.8 Å². The van der Waals surface area contributed by atoms with Crippen molar-refractivity contribution in [3.8, 4) is 11.8 Å². The fourth-order valence-corrected chi connectivity index (χ4v) is 4.36. The second kappa shape index (κ2) is 9.48. The van der Waals surface area contributed by atoms with Crippen LogP contribution in [0.1, 0.15) is 23.1 Å². The van der Waals surface area contributed by atoms with Crippen molar-refractivity contribution in [1.82, 2.24) is 4.90 Å². The molecule has 0 bridgehead atoms. The lowest BCUT2D eigenvalue weighted by Crippen LogP contribution is -2.44. The molecule has 0 aromatic heterocycles. The Bertz CT molecular complexity index is 917. The quantitative estimate of drug-likeness (QED) is 0.790. The minimum absolute atomic E-state index is 0.0978. The van der Waals surface area contributed by atoms with Crippen molar-refractivity contribution in [3.63, 3.8) is 0 Å². The van der Waals surface area contributed by atoms with E-state index in [1.165, 1.54) is 0 Å². The molecule has 2 aromatic carbocycles. The van der Waals surface area contributed by atoms with Gasteiger partial charge in [-0.25, -0.2) is 0 Å². The molecule has 1 unspecified atom stereocenters. The third-order valence-electron chi connectivity index (χ3n) is 4.57. The molecule has 6 nitrogen and oxygen atoms in total. The van der Waals surface area contributed by atoms with Crippen LogP contribution in [-0.2, 0) is 9.59 Å². The number of carbonyl (C=O) groups is 2. The van der Waals surface area contributed by atoms with Crippen LogP contribution in [0.4, 0.5) is 5.69 Å². The molecule has 29 heavy (non-hydrogen) atoms. The number of carbonyl (C=O) groups excluding carboxylic acids is 2. The summed E-state index contributed by atoms with van der Waals surface area (Å²) in [5.41, 5.74) is 3.36. The fourth-order valence-electron chi connectivity index (χ4n) is 3.18. The summed E-state index contributed by atoms with van der Waals surface area (Å²) in [7, 11) is 0. The average molecular weight is 410 g/mol. The average Bonchev–Trinajstić information content (AvgIpc) is 3.18. The molecule has 1 atom stereocenters. The highest BCUT2D eigenvalue weighted by molar-refractivity contribution is 7.99. The van der Waals surface area contributed by atoms with Gasteiger partial charge in [0.1, 0.15) is 11.8 Å². The highest BCUT2D eigenvalue weighted by Gasteiger charge is 2.34. The summed E-state index contributed by atoms with van der Waals surface area (Å²) in [6, 6.07) is 14.1. The largest absolute Gasteiger partial charge is 0.493 e. The Balaban J connectivity index is 1.54. The van der Waals surface area contributed by atoms with Crippen molar-refractivity contribution >= 4 is 29.3 Å². The Morgan fingerprint density at radius 2 is 1.90 bits per heavy atom. The summed E-state index contributed by atoms with van der Waals surface area (Å²) in [6.07, 6.45) is 0.216. The number of nitriles is 1. The van der Waals surface area contributed by atoms with Crippen LogP contribution in [0.5, 0.6) is 5.75 Å². The van der Waals surface area contributed by atoms with Crippen LogP contribution in [0.25, 0.3) is 0 Å². The summed E-state index contributed by atoms with van der Waals surface area (Å²) in [6.45, 7) is 4.28. The Kier molecular flexibility index (Phi) is 6.78. The zero-order valence-electron chi connectivity index (χ0n) is 16.5. The van der Waals surface area contributed by atoms with Crippen LogP contribution >= 0.6 is 11.8 Å². The standard InChI is InChI=1S/C22H23N3O3S/c1-15-9-16(2)11-19(10-15)28-8-7-21(26)25-14-29-13-20(25)22(27)24-18-5-3-17(12-23)4-6-18/h3-6,9-11,20H,7-8,13-14H2,1-2H3,(H,24,27). The van der Waals surface area contributed by atoms with Crippen molar-refractivity contribution < 1.29 is 14.3 Å². The number of nitrogens with one attached hydrogen (secondary N) is 1. The van der Waals surface area contributed by atoms with E-state index in [0.29, 0.717) is 22.9 Å². The summed E-state index contributed by atoms with van der Waals surface area (Å²) < 4.78 is 5.73. The van der Waals surface area contributed by atoms with E-state index in [1.807, 2.05) is 32.0 Å². The molecule has 2 aromatic rings. The first-order valence-corrected chi connectivity index (χ1v) is 10.5. The molecule has 1 heterocycles. The van der Waals surface area contributed by atoms with Gasteiger partial charge in [-0.3, -0.25) is 9.59 Å². The summed E-state index contributed by atoms with van der Waals surface area (Å²) >= 11 is 1.56. The van der Waals surface area contributed by atoms with Crippen LogP contribution in [0, 0.1) is 25.2 Å². The second-order valence-corrected chi connectivity index (χ2v) is 7.98. The first-order chi connectivity index (χ1) is 14.0. The number of rotatable bonds is 6. The third kappa shape index (κ3) is 5.52. The van der Waals surface area contributed by atoms with E-state index in [0.717, 1.165) is 16.9 Å². The van der Waals surface area contributed by atoms with Gasteiger partial charge in [0, 0.05) is 11.4 Å². The minimum atomic E-state index is -0.510. The van der Waals surface area contributed by atoms with Gasteiger partial charge in [-0.2, -0.15) is 5.26 Å². The predicted octanol–water partition coefficient (Wildman–Crippen LogP) is 3.48. The summed E-state index contributed by atoms with van der Waals surface area (Å²) in [5.74, 6) is 1.49. The Labute approximate surface area is 174 Å². The molecule has 0 aliphatic carbocycles. The van der Waals surface area contributed by atoms with Gasteiger partial charge in [0.15, 0.2) is 0 Å². The Hall–Kier alpha value is -2.98. The van der Waals surface area contributed by atoms with E-state index in [4.69, 9.17) is 10.00 Å². The van der Waals surface area contributed by atoms with Gasteiger partial charge in [0.05, 0.1) is 30.5 Å². The number of nitrogens with zero attached hydrogens (tertiary/aromatic N) is 2. The van der Waals surface area contributed by atoms with Crippen LogP contribution in [0.15, 0.2) is 42.5 Å². The van der Waals surface area contributed by atoms with Crippen molar-refractivity contribution in [2.75, 3.05) is 23.6 Å². The molecule has 1 aliphatic heterocycles. The summed E-state index contributed by atoms with van der Waals surface area (Å²) in [5, 5.41) is 11.7. The first-order valence-electron chi connectivity index (χ1n) is 9.35. The monoisotopic (exact) mass is 409 g/mol. The molecule has 0 radical (unpaired) electrons. The molecule has 3 rings (SSSR count). The fraction of sp³-hybridized carbons (Fsp3) is 0.318. The zero-order chi connectivity index (χ0) is 20.8. The molecule has 1 aliphatic rings. The lowest BCUT2D eigenvalue weighted by molar-refractivity contribution is -0.136. The van der Waals surface area contributed by atoms with Crippen molar-refractivity contribution in [1.29, 1.82) is 5.26 Å². The maximum absolute atomic E-state index is 12.6. The Morgan fingerprint density at radius 3 is 2.55 bits per heavy atom. The molecule has 1 saturated heterocycles. The van der Waals surface area contributed by atoms with E-state index >= 15 is 0 Å². The van der Waals surface area contributed by atoms with Gasteiger partial charge in [0.25, 0.3) is 0 Å². The summed E-state index contributed by atoms with van der Waals surface area (Å²) in [4.78, 5) is 26.9. The molecule has 1 fully saturated rings. The molecular formula is C22H23N3O3S. The minimum Gasteiger partial charge on any atom is -0.493 e. The third-order valence-corrected chi connectivity index (χ3v) is 5.58. The number of hydrogen-bond acceptors (Lipinski definition) is 5. The smallest absolute Gasteiger partial charge is 0.248 e. The van der Waals surface area contributed by atoms with Gasteiger partial charge in [-0.05, 0) is 61.4 Å². The predicted molar refractivity (Wildman–Crippen MR) is 114 cm³/mol. The van der Waals surface area contributed by atoms with Gasteiger partial charge < -0.3 is 15.0 Å². The normalized spacial score (nSPS) is 15.6. The molecule has 2 amide bonds. The van der Waals surface area contributed by atoms with Crippen LogP contribution in [0.3, 0.4) is 0 Å². The second-order valence-electron chi connectivity index (χ2n) is 6.98. The maximum Gasteiger partial charge on any atom is 0.248 e. The molecular weight excluding hydrogens is 386 g/mol. The van der Waals surface area contributed by atoms with Gasteiger partial charge >= 0.3 is 0 Å². The van der Waals surface area contributed by atoms with E-state index < -0.39 is 6.04 Å². The van der Waals surface area contributed by atoms with Crippen LogP contribution < -0.4 is 10.1 Å². The SMILES string of the molecule is Cc1cc(C)cc(OCCC(=O)N2CSCC2C(=O)Nc2ccc(C#N)cc2)c1. The molecule has 150 valence electrons. The number of benzene rings is 2. The number of aryl methyl sites for hydroxylation is 2. The van der Waals surface area contributed by atoms with Gasteiger partial charge in [-0.1, -0.05) is 6.07 Å². The van der Waals surface area contributed by atoms with E-state index in [2.05, 4.69) is 11.4 Å². The number of thioether (sulfide) groups is 1. The van der Waals surface area contributed by atoms with Crippen molar-refractivity contribution in [3.05, 3.63) is 59.2 Å². The topological polar surface area (TPSA) is 82.4 Å². The van der Waals surface area contributed by atoms with E-state index in [9.17, 15) is 9.59 Å². The maximum atomic E-state index is 12.6. The first kappa shape index (κ1) is 20.7. The number of hydrogen-bond donors (Lipinski definition) is 1. The van der Waals surface area contributed by atoms with Crippen molar-refractivity contribution in [2.24, 2.45) is 0 Å². The number of amides is 2. The molecule has 0 saturated carbocycles. The highest BCUT2D eigenvalue weighted by Crippen LogP contribution is 2.23.